The molecule has 110 valence electrons. The summed E-state index contributed by atoms with van der Waals surface area (Å²) in [6, 6.07) is -1.21. The summed E-state index contributed by atoms with van der Waals surface area (Å²) in [5.41, 5.74) is 0. The second-order valence-corrected chi connectivity index (χ2v) is 5.05. The zero-order valence-corrected chi connectivity index (χ0v) is 10.1. The molecule has 2 saturated heterocycles. The Balaban J connectivity index is 2.51. The molecular formula is C11H13NO8. The maximum Gasteiger partial charge on any atom is 0.309 e. The van der Waals surface area contributed by atoms with Crippen LogP contribution in [0.1, 0.15) is 0 Å². The standard InChI is InChI=1S/C11H13NO8/c13-8(14)3-2-1-12-7(5(3)10(17)18)6(11(19)20)4(2)9(15)16/h2-7,12H,1H2,(H,13,14)(H,15,16)(H,17,18)(H,19,20). The van der Waals surface area contributed by atoms with E-state index in [-0.39, 0.29) is 6.54 Å². The number of rotatable bonds is 4. The van der Waals surface area contributed by atoms with Gasteiger partial charge in [0.15, 0.2) is 0 Å². The van der Waals surface area contributed by atoms with E-state index in [4.69, 9.17) is 10.2 Å². The molecule has 3 rings (SSSR count). The molecule has 2 heterocycles. The fourth-order valence-corrected chi connectivity index (χ4v) is 3.49. The molecule has 1 aliphatic carbocycles. The van der Waals surface area contributed by atoms with Gasteiger partial charge in [-0.1, -0.05) is 0 Å². The maximum atomic E-state index is 11.3. The monoisotopic (exact) mass is 287 g/mol. The van der Waals surface area contributed by atoms with E-state index in [1.807, 2.05) is 0 Å². The van der Waals surface area contributed by atoms with E-state index < -0.39 is 59.5 Å². The van der Waals surface area contributed by atoms with Gasteiger partial charge in [-0.2, -0.15) is 0 Å². The highest BCUT2D eigenvalue weighted by Gasteiger charge is 2.63. The zero-order chi connectivity index (χ0) is 15.2. The summed E-state index contributed by atoms with van der Waals surface area (Å²) in [4.78, 5) is 45.1. The number of carbonyl (C=O) groups is 4. The van der Waals surface area contributed by atoms with Crippen molar-refractivity contribution in [3.8, 4) is 0 Å². The van der Waals surface area contributed by atoms with Crippen LogP contribution in [0.3, 0.4) is 0 Å². The van der Waals surface area contributed by atoms with Crippen LogP contribution in [-0.2, 0) is 19.2 Å². The van der Waals surface area contributed by atoms with Crippen LogP contribution >= 0.6 is 0 Å². The number of aliphatic carboxylic acids is 4. The molecule has 3 fully saturated rings. The maximum absolute atomic E-state index is 11.3. The predicted octanol–water partition coefficient (Wildman–Crippen LogP) is -1.61. The van der Waals surface area contributed by atoms with Gasteiger partial charge in [-0.15, -0.1) is 0 Å². The minimum absolute atomic E-state index is 0.0217. The van der Waals surface area contributed by atoms with E-state index in [0.717, 1.165) is 0 Å². The lowest BCUT2D eigenvalue weighted by Crippen LogP contribution is -2.69. The first-order chi connectivity index (χ1) is 9.27. The smallest absolute Gasteiger partial charge is 0.309 e. The molecule has 9 heteroatoms. The van der Waals surface area contributed by atoms with Crippen LogP contribution in [0.15, 0.2) is 0 Å². The van der Waals surface area contributed by atoms with Crippen LogP contribution in [0.4, 0.5) is 0 Å². The summed E-state index contributed by atoms with van der Waals surface area (Å²) in [6.45, 7) is -0.0217. The molecule has 9 nitrogen and oxygen atoms in total. The molecule has 4 atom stereocenters. The molecule has 5 N–H and O–H groups in total. The summed E-state index contributed by atoms with van der Waals surface area (Å²) in [5, 5.41) is 39.3. The van der Waals surface area contributed by atoms with E-state index in [1.54, 1.807) is 0 Å². The third kappa shape index (κ3) is 1.90. The second kappa shape index (κ2) is 4.75. The molecule has 2 aliphatic heterocycles. The number of hydrogen-bond donors (Lipinski definition) is 5. The molecule has 20 heavy (non-hydrogen) atoms. The van der Waals surface area contributed by atoms with Crippen LogP contribution in [-0.4, -0.2) is 56.9 Å². The highest BCUT2D eigenvalue weighted by molar-refractivity contribution is 5.88. The lowest BCUT2D eigenvalue weighted by molar-refractivity contribution is -0.183. The Hall–Kier alpha value is -2.16. The third-order valence-corrected chi connectivity index (χ3v) is 4.20. The summed E-state index contributed by atoms with van der Waals surface area (Å²) < 4.78 is 0. The molecule has 0 amide bonds. The normalized spacial score (nSPS) is 39.2. The SMILES string of the molecule is O=C(O)C1C2CNC(C1C(=O)O)C(C(=O)O)C2C(=O)O. The number of hydrogen-bond acceptors (Lipinski definition) is 5. The van der Waals surface area contributed by atoms with Gasteiger partial charge < -0.3 is 25.7 Å². The van der Waals surface area contributed by atoms with Crippen molar-refractivity contribution in [1.29, 1.82) is 0 Å². The van der Waals surface area contributed by atoms with Crippen molar-refractivity contribution in [2.24, 2.45) is 29.6 Å². The van der Waals surface area contributed by atoms with Crippen LogP contribution in [0.25, 0.3) is 0 Å². The van der Waals surface area contributed by atoms with E-state index in [0.29, 0.717) is 0 Å². The Morgan fingerprint density at radius 2 is 1.05 bits per heavy atom. The summed E-state index contributed by atoms with van der Waals surface area (Å²) in [6.07, 6.45) is 0. The zero-order valence-electron chi connectivity index (χ0n) is 10.1. The van der Waals surface area contributed by atoms with E-state index >= 15 is 0 Å². The number of nitrogens with one attached hydrogen (secondary N) is 1. The average molecular weight is 287 g/mol. The Morgan fingerprint density at radius 1 is 0.700 bits per heavy atom. The summed E-state index contributed by atoms with van der Waals surface area (Å²) in [5.74, 6) is -12.5. The van der Waals surface area contributed by atoms with Gasteiger partial charge in [0, 0.05) is 6.04 Å². The lowest BCUT2D eigenvalue weighted by Gasteiger charge is -2.51. The van der Waals surface area contributed by atoms with Crippen LogP contribution in [0.5, 0.6) is 0 Å². The molecule has 4 unspecified atom stereocenters. The molecule has 2 bridgehead atoms. The molecule has 0 radical (unpaired) electrons. The van der Waals surface area contributed by atoms with E-state index in [9.17, 15) is 29.4 Å². The first kappa shape index (κ1) is 14.3. The van der Waals surface area contributed by atoms with E-state index in [2.05, 4.69) is 5.32 Å². The van der Waals surface area contributed by atoms with Crippen LogP contribution in [0, 0.1) is 29.6 Å². The lowest BCUT2D eigenvalue weighted by atomic mass is 9.56. The van der Waals surface area contributed by atoms with Gasteiger partial charge in [0.05, 0.1) is 23.7 Å². The highest BCUT2D eigenvalue weighted by atomic mass is 16.4. The fourth-order valence-electron chi connectivity index (χ4n) is 3.49. The Bertz CT molecular complexity index is 405. The Labute approximate surface area is 112 Å². The van der Waals surface area contributed by atoms with Crippen molar-refractivity contribution in [3.05, 3.63) is 0 Å². The van der Waals surface area contributed by atoms with Gasteiger partial charge in [0.1, 0.15) is 0 Å². The van der Waals surface area contributed by atoms with Crippen molar-refractivity contribution in [2.75, 3.05) is 6.54 Å². The topological polar surface area (TPSA) is 161 Å². The average Bonchev–Trinajstić information content (AvgIpc) is 2.36. The van der Waals surface area contributed by atoms with Gasteiger partial charge in [0.25, 0.3) is 0 Å². The van der Waals surface area contributed by atoms with Gasteiger partial charge in [-0.3, -0.25) is 19.2 Å². The molecule has 3 aliphatic rings. The third-order valence-electron chi connectivity index (χ3n) is 4.20. The van der Waals surface area contributed by atoms with Crippen molar-refractivity contribution in [3.63, 3.8) is 0 Å². The minimum atomic E-state index is -1.46. The van der Waals surface area contributed by atoms with Crippen molar-refractivity contribution >= 4 is 23.9 Å². The number of piperidine rings is 2. The molecule has 0 spiro atoms. The summed E-state index contributed by atoms with van der Waals surface area (Å²) >= 11 is 0. The Kier molecular flexibility index (Phi) is 3.38. The Morgan fingerprint density at radius 3 is 1.35 bits per heavy atom. The van der Waals surface area contributed by atoms with Crippen LogP contribution in [0.2, 0.25) is 0 Å². The molecule has 1 saturated carbocycles. The number of carboxylic acids is 4. The minimum Gasteiger partial charge on any atom is -0.481 e. The van der Waals surface area contributed by atoms with Gasteiger partial charge in [-0.05, 0) is 12.5 Å². The van der Waals surface area contributed by atoms with Gasteiger partial charge in [-0.25, -0.2) is 0 Å². The first-order valence-corrected chi connectivity index (χ1v) is 5.92. The van der Waals surface area contributed by atoms with Gasteiger partial charge in [0.2, 0.25) is 0 Å². The summed E-state index contributed by atoms with van der Waals surface area (Å²) in [7, 11) is 0. The first-order valence-electron chi connectivity index (χ1n) is 5.92. The molecule has 0 aromatic rings. The molecule has 0 aromatic carbocycles. The second-order valence-electron chi connectivity index (χ2n) is 5.05. The quantitative estimate of drug-likeness (QED) is 0.409. The highest BCUT2D eigenvalue weighted by Crippen LogP contribution is 2.46. The predicted molar refractivity (Wildman–Crippen MR) is 59.8 cm³/mol. The number of carboxylic acid groups (broad SMARTS) is 4. The van der Waals surface area contributed by atoms with Crippen molar-refractivity contribution in [2.45, 2.75) is 6.04 Å². The molecule has 0 aromatic heterocycles. The fraction of sp³-hybridized carbons (Fsp3) is 0.636. The number of fused-ring (bicyclic) bond motifs is 3. The molecular weight excluding hydrogens is 274 g/mol. The van der Waals surface area contributed by atoms with Crippen molar-refractivity contribution in [1.82, 2.24) is 5.32 Å². The van der Waals surface area contributed by atoms with Crippen molar-refractivity contribution < 1.29 is 39.6 Å². The van der Waals surface area contributed by atoms with Gasteiger partial charge >= 0.3 is 23.9 Å². The largest absolute Gasteiger partial charge is 0.481 e. The van der Waals surface area contributed by atoms with E-state index in [1.165, 1.54) is 0 Å². The van der Waals surface area contributed by atoms with Crippen LogP contribution < -0.4 is 5.32 Å².